The summed E-state index contributed by atoms with van der Waals surface area (Å²) in [5, 5.41) is 2.77. The molecule has 1 aliphatic rings. The van der Waals surface area contributed by atoms with Crippen molar-refractivity contribution in [2.45, 2.75) is 46.2 Å². The zero-order chi connectivity index (χ0) is 27.2. The minimum absolute atomic E-state index is 0. The summed E-state index contributed by atoms with van der Waals surface area (Å²) >= 11 is 1.49. The number of aryl methyl sites for hydroxylation is 2. The van der Waals surface area contributed by atoms with Gasteiger partial charge in [0.05, 0.1) is 41.8 Å². The third-order valence-electron chi connectivity index (χ3n) is 6.19. The number of amides is 3. The molecule has 2 aromatic heterocycles. The second-order valence-electron chi connectivity index (χ2n) is 8.88. The molecule has 40 heavy (non-hydrogen) atoms. The number of carbonyl (C=O) groups excluding carboxylic acids is 3. The molecule has 1 saturated heterocycles. The van der Waals surface area contributed by atoms with Crippen LogP contribution in [0.4, 0.5) is 4.79 Å². The summed E-state index contributed by atoms with van der Waals surface area (Å²) in [6.07, 6.45) is 6.17. The van der Waals surface area contributed by atoms with Gasteiger partial charge in [0.1, 0.15) is 18.3 Å². The topological polar surface area (TPSA) is 107 Å². The van der Waals surface area contributed by atoms with Gasteiger partial charge >= 0.3 is 12.0 Å². The third-order valence-corrected chi connectivity index (χ3v) is 7.01. The zero-order valence-corrected chi connectivity index (χ0v) is 25.2. The van der Waals surface area contributed by atoms with E-state index in [9.17, 15) is 14.4 Å². The van der Waals surface area contributed by atoms with Crippen LogP contribution >= 0.6 is 36.2 Å². The summed E-state index contributed by atoms with van der Waals surface area (Å²) in [5.41, 5.74) is 3.07. The number of benzene rings is 1. The molecule has 0 bridgehead atoms. The van der Waals surface area contributed by atoms with Crippen molar-refractivity contribution in [1.82, 2.24) is 24.3 Å². The molecule has 0 saturated carbocycles. The van der Waals surface area contributed by atoms with E-state index >= 15 is 0 Å². The standard InChI is InChI=1S/C27H31N5O5S.2ClH/c1-5-6-7-24-28-13-22(30(24)14-19-8-10-20(11-9-19)26(34)37-4)12-23-25(33)32(17-36-3)27(35)31(23)15-21-16-38-18(2)29-21;;/h8-13,16H,5-7,14-15,17H2,1-4H3;2*1H. The summed E-state index contributed by atoms with van der Waals surface area (Å²) in [4.78, 5) is 49.9. The van der Waals surface area contributed by atoms with E-state index in [0.29, 0.717) is 23.5 Å². The third kappa shape index (κ3) is 7.28. The lowest BCUT2D eigenvalue weighted by atomic mass is 10.1. The molecular formula is C27H33Cl2N5O5S. The molecule has 0 unspecified atom stereocenters. The Bertz CT molecular complexity index is 1360. The number of thiazole rings is 1. The minimum Gasteiger partial charge on any atom is -0.465 e. The quantitative estimate of drug-likeness (QED) is 0.169. The van der Waals surface area contributed by atoms with Crippen LogP contribution in [0.2, 0.25) is 0 Å². The summed E-state index contributed by atoms with van der Waals surface area (Å²) in [7, 11) is 2.79. The molecule has 13 heteroatoms. The number of nitrogens with zero attached hydrogens (tertiary/aromatic N) is 5. The van der Waals surface area contributed by atoms with E-state index in [1.807, 2.05) is 29.0 Å². The van der Waals surface area contributed by atoms with Gasteiger partial charge in [0, 0.05) is 25.5 Å². The lowest BCUT2D eigenvalue weighted by Gasteiger charge is -2.16. The van der Waals surface area contributed by atoms with E-state index in [1.165, 1.54) is 30.5 Å². The highest BCUT2D eigenvalue weighted by Gasteiger charge is 2.41. The lowest BCUT2D eigenvalue weighted by molar-refractivity contribution is -0.126. The lowest BCUT2D eigenvalue weighted by Crippen LogP contribution is -2.34. The van der Waals surface area contributed by atoms with Gasteiger partial charge < -0.3 is 14.0 Å². The summed E-state index contributed by atoms with van der Waals surface area (Å²) < 4.78 is 12.0. The van der Waals surface area contributed by atoms with Gasteiger partial charge in [0.2, 0.25) is 0 Å². The van der Waals surface area contributed by atoms with Crippen LogP contribution in [0.1, 0.15) is 57.9 Å². The molecular weight excluding hydrogens is 577 g/mol. The van der Waals surface area contributed by atoms with Crippen molar-refractivity contribution in [3.63, 3.8) is 0 Å². The van der Waals surface area contributed by atoms with Crippen LogP contribution in [0.5, 0.6) is 0 Å². The van der Waals surface area contributed by atoms with Crippen LogP contribution in [0, 0.1) is 6.92 Å². The van der Waals surface area contributed by atoms with Gasteiger partial charge in [-0.25, -0.2) is 24.5 Å². The first-order valence-electron chi connectivity index (χ1n) is 12.3. The number of unbranched alkanes of at least 4 members (excludes halogenated alkanes) is 1. The van der Waals surface area contributed by atoms with E-state index in [1.54, 1.807) is 24.4 Å². The number of methoxy groups -OCH3 is 2. The molecule has 216 valence electrons. The number of hydrogen-bond donors (Lipinski definition) is 0. The van der Waals surface area contributed by atoms with Crippen molar-refractivity contribution in [3.8, 4) is 0 Å². The van der Waals surface area contributed by atoms with Crippen molar-refractivity contribution in [1.29, 1.82) is 0 Å². The maximum absolute atomic E-state index is 13.3. The van der Waals surface area contributed by atoms with Gasteiger partial charge in [0.15, 0.2) is 0 Å². The van der Waals surface area contributed by atoms with E-state index in [0.717, 1.165) is 40.6 Å². The first-order valence-corrected chi connectivity index (χ1v) is 13.2. The van der Waals surface area contributed by atoms with Crippen LogP contribution in [0.25, 0.3) is 6.08 Å². The fraction of sp³-hybridized carbons (Fsp3) is 0.370. The van der Waals surface area contributed by atoms with Crippen molar-refractivity contribution in [3.05, 3.63) is 74.9 Å². The highest BCUT2D eigenvalue weighted by Crippen LogP contribution is 2.27. The monoisotopic (exact) mass is 609 g/mol. The molecule has 0 spiro atoms. The molecule has 10 nitrogen and oxygen atoms in total. The normalized spacial score (nSPS) is 13.9. The Balaban J connectivity index is 0.00000280. The highest BCUT2D eigenvalue weighted by atomic mass is 35.5. The predicted octanol–water partition coefficient (Wildman–Crippen LogP) is 5.08. The Morgan fingerprint density at radius 1 is 1.07 bits per heavy atom. The number of urea groups is 1. The number of imidazole rings is 1. The molecule has 0 N–H and O–H groups in total. The molecule has 3 aromatic rings. The van der Waals surface area contributed by atoms with Gasteiger partial charge in [-0.1, -0.05) is 25.5 Å². The van der Waals surface area contributed by atoms with Crippen molar-refractivity contribution in [2.24, 2.45) is 0 Å². The fourth-order valence-electron chi connectivity index (χ4n) is 4.22. The number of carbonyl (C=O) groups is 3. The van der Waals surface area contributed by atoms with E-state index in [2.05, 4.69) is 16.9 Å². The number of aromatic nitrogens is 3. The SMILES string of the molecule is CCCCc1ncc(C=C2C(=O)N(COC)C(=O)N2Cc2csc(C)n2)n1Cc1ccc(C(=O)OC)cc1.Cl.Cl. The van der Waals surface area contributed by atoms with Crippen molar-refractivity contribution >= 4 is 60.1 Å². The first-order chi connectivity index (χ1) is 18.4. The van der Waals surface area contributed by atoms with Crippen LogP contribution in [-0.2, 0) is 33.8 Å². The van der Waals surface area contributed by atoms with E-state index < -0.39 is 17.9 Å². The van der Waals surface area contributed by atoms with Gasteiger partial charge in [0.25, 0.3) is 5.91 Å². The van der Waals surface area contributed by atoms with Gasteiger partial charge in [-0.15, -0.1) is 36.2 Å². The number of ether oxygens (including phenoxy) is 2. The molecule has 0 radical (unpaired) electrons. The summed E-state index contributed by atoms with van der Waals surface area (Å²) in [5.74, 6) is 0.0469. The Morgan fingerprint density at radius 3 is 2.40 bits per heavy atom. The summed E-state index contributed by atoms with van der Waals surface area (Å²) in [6.45, 7) is 4.52. The number of imide groups is 1. The molecule has 0 atom stereocenters. The average Bonchev–Trinajstić information content (AvgIpc) is 3.57. The highest BCUT2D eigenvalue weighted by molar-refractivity contribution is 7.09. The first kappa shape index (κ1) is 33.0. The molecule has 3 heterocycles. The van der Waals surface area contributed by atoms with E-state index in [4.69, 9.17) is 9.47 Å². The van der Waals surface area contributed by atoms with Crippen LogP contribution in [-0.4, -0.2) is 63.2 Å². The zero-order valence-electron chi connectivity index (χ0n) is 22.8. The number of halogens is 2. The molecule has 1 aromatic carbocycles. The minimum atomic E-state index is -0.454. The Morgan fingerprint density at radius 2 is 1.80 bits per heavy atom. The molecule has 4 rings (SSSR count). The van der Waals surface area contributed by atoms with Crippen molar-refractivity contribution in [2.75, 3.05) is 21.0 Å². The second-order valence-corrected chi connectivity index (χ2v) is 9.95. The largest absolute Gasteiger partial charge is 0.465 e. The average molecular weight is 611 g/mol. The van der Waals surface area contributed by atoms with Crippen LogP contribution in [0.3, 0.4) is 0 Å². The fourth-order valence-corrected chi connectivity index (χ4v) is 4.82. The Kier molecular flexibility index (Phi) is 12.3. The molecule has 0 aliphatic carbocycles. The van der Waals surface area contributed by atoms with Gasteiger partial charge in [-0.05, 0) is 37.1 Å². The van der Waals surface area contributed by atoms with Gasteiger partial charge in [-0.2, -0.15) is 0 Å². The molecule has 1 fully saturated rings. The van der Waals surface area contributed by atoms with Crippen molar-refractivity contribution < 1.29 is 23.9 Å². The molecule has 1 aliphatic heterocycles. The van der Waals surface area contributed by atoms with Crippen LogP contribution in [0.15, 0.2) is 41.5 Å². The van der Waals surface area contributed by atoms with Gasteiger partial charge in [-0.3, -0.25) is 9.69 Å². The molecule has 3 amide bonds. The smallest absolute Gasteiger partial charge is 0.337 e. The predicted molar refractivity (Wildman–Crippen MR) is 157 cm³/mol. The summed E-state index contributed by atoms with van der Waals surface area (Å²) in [6, 6.07) is 6.73. The second kappa shape index (κ2) is 14.9. The maximum atomic E-state index is 13.3. The Hall–Kier alpha value is -3.25. The van der Waals surface area contributed by atoms with E-state index in [-0.39, 0.29) is 43.8 Å². The number of hydrogen-bond acceptors (Lipinski definition) is 8. The Labute approximate surface area is 249 Å². The number of esters is 1. The number of rotatable bonds is 11. The maximum Gasteiger partial charge on any atom is 0.337 e. The van der Waals surface area contributed by atoms with Crippen LogP contribution < -0.4 is 0 Å².